The zero-order valence-electron chi connectivity index (χ0n) is 6.56. The second-order valence-corrected chi connectivity index (χ2v) is 3.05. The Hall–Kier alpha value is -0.830. The van der Waals surface area contributed by atoms with Crippen molar-refractivity contribution in [2.24, 2.45) is 0 Å². The molecule has 0 spiro atoms. The SMILES string of the molecule is SC[C@H]1COc2ccccc2O1. The van der Waals surface area contributed by atoms with Crippen LogP contribution in [0.2, 0.25) is 0 Å². The smallest absolute Gasteiger partial charge is 0.161 e. The van der Waals surface area contributed by atoms with Crippen molar-refractivity contribution in [3.63, 3.8) is 0 Å². The normalized spacial score (nSPS) is 20.6. The fourth-order valence-corrected chi connectivity index (χ4v) is 1.33. The maximum atomic E-state index is 5.58. The first kappa shape index (κ1) is 7.80. The Morgan fingerprint density at radius 3 is 2.83 bits per heavy atom. The van der Waals surface area contributed by atoms with Crippen LogP contribution in [0.3, 0.4) is 0 Å². The first-order valence-corrected chi connectivity index (χ1v) is 4.53. The van der Waals surface area contributed by atoms with Gasteiger partial charge in [-0.25, -0.2) is 0 Å². The third-order valence-electron chi connectivity index (χ3n) is 1.77. The van der Waals surface area contributed by atoms with Crippen LogP contribution in [0, 0.1) is 0 Å². The Morgan fingerprint density at radius 1 is 1.33 bits per heavy atom. The van der Waals surface area contributed by atoms with E-state index >= 15 is 0 Å². The molecule has 0 radical (unpaired) electrons. The summed E-state index contributed by atoms with van der Waals surface area (Å²) in [7, 11) is 0. The number of hydrogen-bond donors (Lipinski definition) is 1. The van der Waals surface area contributed by atoms with Gasteiger partial charge in [0.25, 0.3) is 0 Å². The van der Waals surface area contributed by atoms with E-state index in [0.29, 0.717) is 12.4 Å². The van der Waals surface area contributed by atoms with Gasteiger partial charge in [0.2, 0.25) is 0 Å². The summed E-state index contributed by atoms with van der Waals surface area (Å²) >= 11 is 4.15. The van der Waals surface area contributed by atoms with Crippen molar-refractivity contribution >= 4 is 12.6 Å². The molecule has 1 aromatic carbocycles. The minimum absolute atomic E-state index is 0.0863. The number of thiol groups is 1. The molecule has 0 N–H and O–H groups in total. The summed E-state index contributed by atoms with van der Waals surface area (Å²) in [6.07, 6.45) is 0.0863. The molecule has 3 heteroatoms. The topological polar surface area (TPSA) is 18.5 Å². The van der Waals surface area contributed by atoms with Crippen LogP contribution in [0.15, 0.2) is 24.3 Å². The van der Waals surface area contributed by atoms with Crippen molar-refractivity contribution in [2.75, 3.05) is 12.4 Å². The quantitative estimate of drug-likeness (QED) is 0.667. The molecule has 1 atom stereocenters. The molecule has 0 saturated heterocycles. The highest BCUT2D eigenvalue weighted by Gasteiger charge is 2.18. The lowest BCUT2D eigenvalue weighted by atomic mass is 10.3. The minimum atomic E-state index is 0.0863. The standard InChI is InChI=1S/C9H10O2S/c12-6-7-5-10-8-3-1-2-4-9(8)11-7/h1-4,7,12H,5-6H2/t7-/m1/s1. The van der Waals surface area contributed by atoms with Crippen molar-refractivity contribution in [3.05, 3.63) is 24.3 Å². The molecule has 2 nitrogen and oxygen atoms in total. The summed E-state index contributed by atoms with van der Waals surface area (Å²) in [4.78, 5) is 0. The summed E-state index contributed by atoms with van der Waals surface area (Å²) in [5.41, 5.74) is 0. The lowest BCUT2D eigenvalue weighted by molar-refractivity contribution is 0.107. The zero-order valence-corrected chi connectivity index (χ0v) is 7.46. The van der Waals surface area contributed by atoms with E-state index in [1.807, 2.05) is 24.3 Å². The highest BCUT2D eigenvalue weighted by atomic mass is 32.1. The van der Waals surface area contributed by atoms with Crippen LogP contribution >= 0.6 is 12.6 Å². The van der Waals surface area contributed by atoms with Crippen LogP contribution in [-0.4, -0.2) is 18.5 Å². The Morgan fingerprint density at radius 2 is 2.08 bits per heavy atom. The second-order valence-electron chi connectivity index (χ2n) is 2.68. The molecule has 0 aliphatic carbocycles. The predicted octanol–water partition coefficient (Wildman–Crippen LogP) is 1.76. The maximum absolute atomic E-state index is 5.58. The summed E-state index contributed by atoms with van der Waals surface area (Å²) in [6, 6.07) is 7.68. The monoisotopic (exact) mass is 182 g/mol. The van der Waals surface area contributed by atoms with Crippen LogP contribution in [-0.2, 0) is 0 Å². The van der Waals surface area contributed by atoms with Gasteiger partial charge in [0.05, 0.1) is 0 Å². The van der Waals surface area contributed by atoms with E-state index in [1.54, 1.807) is 0 Å². The summed E-state index contributed by atoms with van der Waals surface area (Å²) in [6.45, 7) is 0.598. The second kappa shape index (κ2) is 3.27. The lowest BCUT2D eigenvalue weighted by Crippen LogP contribution is -2.30. The van der Waals surface area contributed by atoms with Crippen LogP contribution in [0.4, 0.5) is 0 Å². The molecule has 64 valence electrons. The van der Waals surface area contributed by atoms with Crippen LogP contribution in [0.5, 0.6) is 11.5 Å². The number of para-hydroxylation sites is 2. The molecule has 0 aromatic heterocycles. The van der Waals surface area contributed by atoms with Crippen LogP contribution in [0.1, 0.15) is 0 Å². The molecule has 2 rings (SSSR count). The van der Waals surface area contributed by atoms with E-state index in [4.69, 9.17) is 9.47 Å². The van der Waals surface area contributed by atoms with Crippen molar-refractivity contribution in [1.29, 1.82) is 0 Å². The van der Waals surface area contributed by atoms with Gasteiger partial charge >= 0.3 is 0 Å². The number of hydrogen-bond acceptors (Lipinski definition) is 3. The number of ether oxygens (including phenoxy) is 2. The number of fused-ring (bicyclic) bond motifs is 1. The van der Waals surface area contributed by atoms with Crippen LogP contribution < -0.4 is 9.47 Å². The molecule has 0 fully saturated rings. The van der Waals surface area contributed by atoms with Gasteiger partial charge in [-0.05, 0) is 12.1 Å². The number of benzene rings is 1. The maximum Gasteiger partial charge on any atom is 0.161 e. The van der Waals surface area contributed by atoms with Crippen molar-refractivity contribution in [1.82, 2.24) is 0 Å². The van der Waals surface area contributed by atoms with E-state index < -0.39 is 0 Å². The van der Waals surface area contributed by atoms with E-state index in [0.717, 1.165) is 11.5 Å². The molecule has 1 aromatic rings. The molecule has 1 aliphatic heterocycles. The van der Waals surface area contributed by atoms with E-state index in [1.165, 1.54) is 0 Å². The highest BCUT2D eigenvalue weighted by Crippen LogP contribution is 2.30. The first-order valence-electron chi connectivity index (χ1n) is 3.89. The zero-order chi connectivity index (χ0) is 8.39. The Kier molecular flexibility index (Phi) is 2.13. The first-order chi connectivity index (χ1) is 5.90. The fraction of sp³-hybridized carbons (Fsp3) is 0.333. The minimum Gasteiger partial charge on any atom is -0.486 e. The molecule has 1 heterocycles. The summed E-state index contributed by atoms with van der Waals surface area (Å²) < 4.78 is 11.0. The number of rotatable bonds is 1. The van der Waals surface area contributed by atoms with Gasteiger partial charge in [0.1, 0.15) is 12.7 Å². The van der Waals surface area contributed by atoms with Gasteiger partial charge in [-0.1, -0.05) is 12.1 Å². The average Bonchev–Trinajstić information content (AvgIpc) is 2.17. The molecule has 0 unspecified atom stereocenters. The van der Waals surface area contributed by atoms with Crippen molar-refractivity contribution in [3.8, 4) is 11.5 Å². The third kappa shape index (κ3) is 1.37. The van der Waals surface area contributed by atoms with Crippen molar-refractivity contribution in [2.45, 2.75) is 6.10 Å². The molecule has 0 amide bonds. The third-order valence-corrected chi connectivity index (χ3v) is 2.18. The van der Waals surface area contributed by atoms with Gasteiger partial charge in [-0.3, -0.25) is 0 Å². The molecule has 0 bridgehead atoms. The predicted molar refractivity (Wildman–Crippen MR) is 50.2 cm³/mol. The van der Waals surface area contributed by atoms with E-state index in [2.05, 4.69) is 12.6 Å². The molecular weight excluding hydrogens is 172 g/mol. The van der Waals surface area contributed by atoms with Crippen LogP contribution in [0.25, 0.3) is 0 Å². The average molecular weight is 182 g/mol. The lowest BCUT2D eigenvalue weighted by Gasteiger charge is -2.24. The van der Waals surface area contributed by atoms with E-state index in [9.17, 15) is 0 Å². The van der Waals surface area contributed by atoms with Gasteiger partial charge in [-0.2, -0.15) is 12.6 Å². The van der Waals surface area contributed by atoms with Gasteiger partial charge in [0, 0.05) is 5.75 Å². The molecule has 12 heavy (non-hydrogen) atoms. The Labute approximate surface area is 76.9 Å². The van der Waals surface area contributed by atoms with Gasteiger partial charge in [-0.15, -0.1) is 0 Å². The fourth-order valence-electron chi connectivity index (χ4n) is 1.15. The molecule has 1 aliphatic rings. The highest BCUT2D eigenvalue weighted by molar-refractivity contribution is 7.80. The summed E-state index contributed by atoms with van der Waals surface area (Å²) in [5, 5.41) is 0. The van der Waals surface area contributed by atoms with E-state index in [-0.39, 0.29) is 6.10 Å². The Bertz CT molecular complexity index is 275. The molecular formula is C9H10O2S. The largest absolute Gasteiger partial charge is 0.486 e. The van der Waals surface area contributed by atoms with Gasteiger partial charge in [0.15, 0.2) is 11.5 Å². The van der Waals surface area contributed by atoms with Crippen molar-refractivity contribution < 1.29 is 9.47 Å². The van der Waals surface area contributed by atoms with Gasteiger partial charge < -0.3 is 9.47 Å². The summed E-state index contributed by atoms with van der Waals surface area (Å²) in [5.74, 6) is 2.34. The Balaban J connectivity index is 2.23. The molecule has 0 saturated carbocycles.